The van der Waals surface area contributed by atoms with Crippen molar-refractivity contribution in [1.82, 2.24) is 19.7 Å². The highest BCUT2D eigenvalue weighted by atomic mass is 32.1. The first-order valence-electron chi connectivity index (χ1n) is 8.53. The van der Waals surface area contributed by atoms with Crippen LogP contribution in [0.15, 0.2) is 47.3 Å². The lowest BCUT2D eigenvalue weighted by Crippen LogP contribution is -2.34. The lowest BCUT2D eigenvalue weighted by molar-refractivity contribution is -0.121. The summed E-state index contributed by atoms with van der Waals surface area (Å²) in [6.07, 6.45) is 0.792. The fourth-order valence-corrected chi connectivity index (χ4v) is 3.63. The lowest BCUT2D eigenvalue weighted by atomic mass is 10.2. The second-order valence-electron chi connectivity index (χ2n) is 6.17. The third-order valence-electron chi connectivity index (χ3n) is 4.07. The standard InChI is InChI=1S/C19H22N4O2S/c1-14-8-9-17(26-14)10-11-20-18(24)13-23-19(25)22(15(2)21-23)12-16-6-4-3-5-7-16/h3-9H,10-13H2,1-2H3,(H,20,24). The van der Waals surface area contributed by atoms with Crippen molar-refractivity contribution in [2.75, 3.05) is 6.54 Å². The molecule has 0 aliphatic heterocycles. The van der Waals surface area contributed by atoms with Gasteiger partial charge in [0.2, 0.25) is 5.91 Å². The van der Waals surface area contributed by atoms with Crippen molar-refractivity contribution in [3.63, 3.8) is 0 Å². The van der Waals surface area contributed by atoms with Crippen molar-refractivity contribution in [3.05, 3.63) is 74.1 Å². The molecule has 0 unspecified atom stereocenters. The molecule has 136 valence electrons. The summed E-state index contributed by atoms with van der Waals surface area (Å²) in [6, 6.07) is 13.9. The van der Waals surface area contributed by atoms with Gasteiger partial charge in [0.1, 0.15) is 12.4 Å². The van der Waals surface area contributed by atoms with Crippen LogP contribution < -0.4 is 11.0 Å². The Morgan fingerprint density at radius 2 is 1.92 bits per heavy atom. The van der Waals surface area contributed by atoms with Crippen LogP contribution in [-0.4, -0.2) is 26.8 Å². The van der Waals surface area contributed by atoms with E-state index in [1.54, 1.807) is 22.8 Å². The first kappa shape index (κ1) is 18.1. The van der Waals surface area contributed by atoms with E-state index < -0.39 is 0 Å². The van der Waals surface area contributed by atoms with E-state index in [4.69, 9.17) is 0 Å². The zero-order chi connectivity index (χ0) is 18.5. The molecule has 3 aromatic rings. The van der Waals surface area contributed by atoms with Crippen LogP contribution in [0.4, 0.5) is 0 Å². The molecular formula is C19H22N4O2S. The molecule has 7 heteroatoms. The average Bonchev–Trinajstić information content (AvgIpc) is 3.14. The molecule has 26 heavy (non-hydrogen) atoms. The number of aromatic nitrogens is 3. The molecule has 2 heterocycles. The number of aryl methyl sites for hydroxylation is 2. The maximum atomic E-state index is 12.5. The quantitative estimate of drug-likeness (QED) is 0.693. The van der Waals surface area contributed by atoms with E-state index in [2.05, 4.69) is 29.5 Å². The van der Waals surface area contributed by atoms with Gasteiger partial charge in [0.05, 0.1) is 6.54 Å². The zero-order valence-electron chi connectivity index (χ0n) is 14.9. The first-order chi connectivity index (χ1) is 12.5. The largest absolute Gasteiger partial charge is 0.354 e. The average molecular weight is 370 g/mol. The minimum absolute atomic E-state index is 0.0646. The number of carbonyl (C=O) groups is 1. The molecule has 0 aliphatic carbocycles. The molecule has 0 radical (unpaired) electrons. The molecule has 0 atom stereocenters. The summed E-state index contributed by atoms with van der Waals surface area (Å²) in [4.78, 5) is 27.1. The number of nitrogens with one attached hydrogen (secondary N) is 1. The van der Waals surface area contributed by atoms with Crippen LogP contribution in [0.5, 0.6) is 0 Å². The zero-order valence-corrected chi connectivity index (χ0v) is 15.8. The summed E-state index contributed by atoms with van der Waals surface area (Å²) in [5.41, 5.74) is 0.753. The van der Waals surface area contributed by atoms with Crippen molar-refractivity contribution in [2.24, 2.45) is 0 Å². The third kappa shape index (κ3) is 4.49. The monoisotopic (exact) mass is 370 g/mol. The number of hydrogen-bond acceptors (Lipinski definition) is 4. The molecule has 0 bridgehead atoms. The van der Waals surface area contributed by atoms with E-state index in [1.807, 2.05) is 30.3 Å². The second kappa shape index (κ2) is 8.14. The predicted octanol–water partition coefficient (Wildman–Crippen LogP) is 2.13. The Labute approximate surface area is 156 Å². The summed E-state index contributed by atoms with van der Waals surface area (Å²) in [6.45, 7) is 4.78. The number of amides is 1. The van der Waals surface area contributed by atoms with Gasteiger partial charge in [0.25, 0.3) is 0 Å². The van der Waals surface area contributed by atoms with Crippen molar-refractivity contribution in [2.45, 2.75) is 33.4 Å². The maximum absolute atomic E-state index is 12.5. The van der Waals surface area contributed by atoms with Crippen LogP contribution in [0.1, 0.15) is 21.1 Å². The highest BCUT2D eigenvalue weighted by molar-refractivity contribution is 7.11. The lowest BCUT2D eigenvalue weighted by Gasteiger charge is -2.04. The van der Waals surface area contributed by atoms with Gasteiger partial charge in [-0.05, 0) is 38.0 Å². The van der Waals surface area contributed by atoms with Gasteiger partial charge in [-0.2, -0.15) is 5.10 Å². The predicted molar refractivity (Wildman–Crippen MR) is 103 cm³/mol. The SMILES string of the molecule is Cc1ccc(CCNC(=O)Cn2nc(C)n(Cc3ccccc3)c2=O)s1. The Hall–Kier alpha value is -2.67. The summed E-state index contributed by atoms with van der Waals surface area (Å²) < 4.78 is 2.81. The minimum Gasteiger partial charge on any atom is -0.354 e. The molecule has 1 aromatic carbocycles. The Morgan fingerprint density at radius 3 is 2.62 bits per heavy atom. The van der Waals surface area contributed by atoms with E-state index >= 15 is 0 Å². The summed E-state index contributed by atoms with van der Waals surface area (Å²) in [5.74, 6) is 0.394. The maximum Gasteiger partial charge on any atom is 0.346 e. The van der Waals surface area contributed by atoms with Gasteiger partial charge in [-0.1, -0.05) is 30.3 Å². The first-order valence-corrected chi connectivity index (χ1v) is 9.35. The van der Waals surface area contributed by atoms with Crippen molar-refractivity contribution < 1.29 is 4.79 Å². The smallest absolute Gasteiger partial charge is 0.346 e. The van der Waals surface area contributed by atoms with Crippen LogP contribution in [0.25, 0.3) is 0 Å². The van der Waals surface area contributed by atoms with Crippen molar-refractivity contribution >= 4 is 17.2 Å². The topological polar surface area (TPSA) is 68.9 Å². The molecule has 0 spiro atoms. The van der Waals surface area contributed by atoms with Crippen LogP contribution >= 0.6 is 11.3 Å². The number of benzene rings is 1. The van der Waals surface area contributed by atoms with Gasteiger partial charge in [-0.15, -0.1) is 11.3 Å². The Balaban J connectivity index is 1.58. The van der Waals surface area contributed by atoms with Crippen molar-refractivity contribution in [3.8, 4) is 0 Å². The fraction of sp³-hybridized carbons (Fsp3) is 0.316. The van der Waals surface area contributed by atoms with E-state index in [0.717, 1.165) is 12.0 Å². The number of hydrogen-bond donors (Lipinski definition) is 1. The van der Waals surface area contributed by atoms with E-state index in [9.17, 15) is 9.59 Å². The van der Waals surface area contributed by atoms with Crippen molar-refractivity contribution in [1.29, 1.82) is 0 Å². The van der Waals surface area contributed by atoms with Crippen LogP contribution in [-0.2, 0) is 24.3 Å². The van der Waals surface area contributed by atoms with Crippen LogP contribution in [0, 0.1) is 13.8 Å². The fourth-order valence-electron chi connectivity index (χ4n) is 2.74. The molecular weight excluding hydrogens is 348 g/mol. The van der Waals surface area contributed by atoms with E-state index in [0.29, 0.717) is 18.9 Å². The summed E-state index contributed by atoms with van der Waals surface area (Å²) in [5, 5.41) is 7.08. The van der Waals surface area contributed by atoms with Gasteiger partial charge in [0, 0.05) is 16.3 Å². The number of rotatable bonds is 7. The Morgan fingerprint density at radius 1 is 1.15 bits per heavy atom. The highest BCUT2D eigenvalue weighted by Gasteiger charge is 2.13. The Bertz CT molecular complexity index is 940. The number of carbonyl (C=O) groups excluding carboxylic acids is 1. The molecule has 0 fully saturated rings. The number of thiophene rings is 1. The Kier molecular flexibility index (Phi) is 5.68. The second-order valence-corrected chi connectivity index (χ2v) is 7.54. The van der Waals surface area contributed by atoms with Gasteiger partial charge < -0.3 is 5.32 Å². The number of nitrogens with zero attached hydrogens (tertiary/aromatic N) is 3. The molecule has 3 rings (SSSR count). The normalized spacial score (nSPS) is 10.8. The van der Waals surface area contributed by atoms with Gasteiger partial charge in [-0.3, -0.25) is 9.36 Å². The third-order valence-corrected chi connectivity index (χ3v) is 5.13. The van der Waals surface area contributed by atoms with Gasteiger partial charge in [0.15, 0.2) is 0 Å². The van der Waals surface area contributed by atoms with E-state index in [-0.39, 0.29) is 18.1 Å². The summed E-state index contributed by atoms with van der Waals surface area (Å²) in [7, 11) is 0. The molecule has 1 N–H and O–H groups in total. The van der Waals surface area contributed by atoms with Crippen LogP contribution in [0.3, 0.4) is 0 Å². The molecule has 0 saturated carbocycles. The molecule has 0 aliphatic rings. The summed E-state index contributed by atoms with van der Waals surface area (Å²) >= 11 is 1.73. The minimum atomic E-state index is -0.268. The van der Waals surface area contributed by atoms with Crippen LogP contribution in [0.2, 0.25) is 0 Å². The molecule has 2 aromatic heterocycles. The molecule has 0 saturated heterocycles. The molecule has 1 amide bonds. The van der Waals surface area contributed by atoms with Gasteiger partial charge in [-0.25, -0.2) is 9.48 Å². The van der Waals surface area contributed by atoms with Gasteiger partial charge >= 0.3 is 5.69 Å². The molecule has 6 nitrogen and oxygen atoms in total. The van der Waals surface area contributed by atoms with E-state index in [1.165, 1.54) is 14.4 Å². The highest BCUT2D eigenvalue weighted by Crippen LogP contribution is 2.14.